The number of ether oxygens (including phenoxy) is 3. The zero-order valence-electron chi connectivity index (χ0n) is 39.4. The molecule has 0 radical (unpaired) electrons. The molecule has 0 aliphatic rings. The minimum absolute atomic E-state index is 0.109. The fourth-order valence-corrected chi connectivity index (χ4v) is 6.54. The van der Waals surface area contributed by atoms with Gasteiger partial charge in [-0.25, -0.2) is 0 Å². The molecule has 61 heavy (non-hydrogen) atoms. The normalized spacial score (nSPS) is 12.9. The molecule has 1 unspecified atom stereocenters. The summed E-state index contributed by atoms with van der Waals surface area (Å²) >= 11 is 0. The van der Waals surface area contributed by atoms with Crippen LogP contribution in [0.15, 0.2) is 97.2 Å². The van der Waals surface area contributed by atoms with Crippen LogP contribution in [0.1, 0.15) is 213 Å². The Morgan fingerprint density at radius 3 is 1.25 bits per heavy atom. The van der Waals surface area contributed by atoms with Crippen molar-refractivity contribution in [2.75, 3.05) is 13.2 Å². The van der Waals surface area contributed by atoms with Crippen molar-refractivity contribution >= 4 is 17.9 Å². The van der Waals surface area contributed by atoms with Crippen molar-refractivity contribution < 1.29 is 28.6 Å². The van der Waals surface area contributed by atoms with Crippen molar-refractivity contribution in [3.8, 4) is 0 Å². The Hall–Kier alpha value is -3.67. The van der Waals surface area contributed by atoms with Gasteiger partial charge < -0.3 is 14.2 Å². The smallest absolute Gasteiger partial charge is 0.306 e. The van der Waals surface area contributed by atoms with Crippen molar-refractivity contribution in [1.82, 2.24) is 0 Å². The van der Waals surface area contributed by atoms with Crippen LogP contribution >= 0.6 is 0 Å². The molecule has 6 heteroatoms. The van der Waals surface area contributed by atoms with E-state index in [1.807, 2.05) is 54.7 Å². The van der Waals surface area contributed by atoms with Crippen molar-refractivity contribution in [3.05, 3.63) is 97.2 Å². The number of carbonyl (C=O) groups excluding carboxylic acids is 3. The van der Waals surface area contributed by atoms with Gasteiger partial charge in [-0.1, -0.05) is 227 Å². The Balaban J connectivity index is 4.50. The minimum Gasteiger partial charge on any atom is -0.462 e. The number of rotatable bonds is 43. The van der Waals surface area contributed by atoms with Gasteiger partial charge in [0.1, 0.15) is 13.2 Å². The molecule has 6 nitrogen and oxygen atoms in total. The molecule has 0 saturated carbocycles. The summed E-state index contributed by atoms with van der Waals surface area (Å²) in [7, 11) is 0. The van der Waals surface area contributed by atoms with Crippen LogP contribution in [0.5, 0.6) is 0 Å². The lowest BCUT2D eigenvalue weighted by Gasteiger charge is -2.18. The molecular formula is C55H90O6. The Labute approximate surface area is 375 Å². The number of carbonyl (C=O) groups is 3. The third-order valence-electron chi connectivity index (χ3n) is 10.2. The lowest BCUT2D eigenvalue weighted by Crippen LogP contribution is -2.30. The van der Waals surface area contributed by atoms with Crippen LogP contribution in [0.4, 0.5) is 0 Å². The molecule has 0 bridgehead atoms. The predicted molar refractivity (Wildman–Crippen MR) is 260 cm³/mol. The SMILES string of the molecule is CC\C=C/C=C\C=C/C=C\C=C/CCCC(=O)OCC(COC(=O)CCCCCCCCCCCCCCCCCC)OC(=O)CCCCCC/C=C\C/C=C\C/C=C\CC. The lowest BCUT2D eigenvalue weighted by atomic mass is 10.0. The van der Waals surface area contributed by atoms with Crippen molar-refractivity contribution in [1.29, 1.82) is 0 Å². The first kappa shape index (κ1) is 57.3. The van der Waals surface area contributed by atoms with Crippen LogP contribution in [-0.4, -0.2) is 37.2 Å². The first-order valence-electron chi connectivity index (χ1n) is 24.8. The van der Waals surface area contributed by atoms with Crippen LogP contribution < -0.4 is 0 Å². The molecule has 0 aromatic carbocycles. The van der Waals surface area contributed by atoms with E-state index in [-0.39, 0.29) is 44.0 Å². The molecule has 1 atom stereocenters. The van der Waals surface area contributed by atoms with Gasteiger partial charge in [-0.05, 0) is 64.2 Å². The van der Waals surface area contributed by atoms with E-state index in [0.717, 1.165) is 83.5 Å². The standard InChI is InChI=1S/C55H90O6/c1-4-7-10-13-16-19-22-25-27-28-31-33-36-39-42-45-48-54(57)60-51-52(50-59-53(56)47-44-41-38-35-32-29-24-21-18-15-12-9-6-3)61-55(58)49-46-43-40-37-34-30-26-23-20-17-14-11-8-5-2/h8-9,11-12,15,17-18,20-21,24,26,29-30,32,35,38,52H,4-7,10,13-14,16,19,22-23,25,27-28,31,33-34,36-37,39-51H2,1-3H3/b11-8-,12-9-,18-15-,20-17-,24-21-,30-26-,32-29-,38-35-. The summed E-state index contributed by atoms with van der Waals surface area (Å²) in [5, 5.41) is 0. The van der Waals surface area contributed by atoms with Crippen LogP contribution in [0.2, 0.25) is 0 Å². The molecule has 0 rings (SSSR count). The number of hydrogen-bond acceptors (Lipinski definition) is 6. The van der Waals surface area contributed by atoms with Crippen LogP contribution in [0.25, 0.3) is 0 Å². The van der Waals surface area contributed by atoms with Crippen molar-refractivity contribution in [3.63, 3.8) is 0 Å². The summed E-state index contributed by atoms with van der Waals surface area (Å²) in [6.07, 6.45) is 64.0. The van der Waals surface area contributed by atoms with E-state index in [1.54, 1.807) is 0 Å². The fourth-order valence-electron chi connectivity index (χ4n) is 6.54. The molecule has 0 spiro atoms. The minimum atomic E-state index is -0.816. The number of esters is 3. The van der Waals surface area contributed by atoms with Gasteiger partial charge >= 0.3 is 17.9 Å². The van der Waals surface area contributed by atoms with Gasteiger partial charge in [0.15, 0.2) is 6.10 Å². The van der Waals surface area contributed by atoms with Gasteiger partial charge in [-0.2, -0.15) is 0 Å². The Morgan fingerprint density at radius 1 is 0.361 bits per heavy atom. The molecular weight excluding hydrogens is 757 g/mol. The molecule has 0 amide bonds. The highest BCUT2D eigenvalue weighted by Gasteiger charge is 2.19. The molecule has 0 N–H and O–H groups in total. The van der Waals surface area contributed by atoms with Crippen LogP contribution in [-0.2, 0) is 28.6 Å². The second-order valence-electron chi connectivity index (χ2n) is 16.1. The molecule has 0 aliphatic carbocycles. The monoisotopic (exact) mass is 847 g/mol. The number of unbranched alkanes of at least 4 members (excludes halogenated alkanes) is 20. The molecule has 0 aromatic heterocycles. The summed E-state index contributed by atoms with van der Waals surface area (Å²) in [6.45, 7) is 6.29. The number of allylic oxidation sites excluding steroid dienone is 16. The Bertz CT molecular complexity index is 1250. The summed E-state index contributed by atoms with van der Waals surface area (Å²) in [5.41, 5.74) is 0. The first-order chi connectivity index (χ1) is 30.0. The van der Waals surface area contributed by atoms with Crippen molar-refractivity contribution in [2.45, 2.75) is 219 Å². The highest BCUT2D eigenvalue weighted by Crippen LogP contribution is 2.15. The van der Waals surface area contributed by atoms with Crippen molar-refractivity contribution in [2.24, 2.45) is 0 Å². The maximum atomic E-state index is 12.8. The van der Waals surface area contributed by atoms with E-state index in [4.69, 9.17) is 14.2 Å². The average molecular weight is 847 g/mol. The zero-order valence-corrected chi connectivity index (χ0v) is 39.4. The summed E-state index contributed by atoms with van der Waals surface area (Å²) in [6, 6.07) is 0. The van der Waals surface area contributed by atoms with Gasteiger partial charge in [0, 0.05) is 19.3 Å². The third-order valence-corrected chi connectivity index (χ3v) is 10.2. The third kappa shape index (κ3) is 47.2. The van der Waals surface area contributed by atoms with E-state index < -0.39 is 6.10 Å². The van der Waals surface area contributed by atoms with E-state index in [0.29, 0.717) is 12.8 Å². The quantitative estimate of drug-likeness (QED) is 0.0200. The van der Waals surface area contributed by atoms with Gasteiger partial charge in [0.05, 0.1) is 0 Å². The van der Waals surface area contributed by atoms with Crippen LogP contribution in [0.3, 0.4) is 0 Å². The van der Waals surface area contributed by atoms with Gasteiger partial charge in [-0.15, -0.1) is 0 Å². The van der Waals surface area contributed by atoms with Gasteiger partial charge in [0.2, 0.25) is 0 Å². The van der Waals surface area contributed by atoms with Gasteiger partial charge in [0.25, 0.3) is 0 Å². The predicted octanol–water partition coefficient (Wildman–Crippen LogP) is 16.2. The fraction of sp³-hybridized carbons (Fsp3) is 0.655. The summed E-state index contributed by atoms with van der Waals surface area (Å²) < 4.78 is 16.7. The van der Waals surface area contributed by atoms with Gasteiger partial charge in [-0.3, -0.25) is 14.4 Å². The average Bonchev–Trinajstić information content (AvgIpc) is 3.26. The largest absolute Gasteiger partial charge is 0.462 e. The Morgan fingerprint density at radius 2 is 0.738 bits per heavy atom. The zero-order chi connectivity index (χ0) is 44.4. The second-order valence-corrected chi connectivity index (χ2v) is 16.1. The molecule has 0 heterocycles. The molecule has 0 aromatic rings. The van der Waals surface area contributed by atoms with E-state index >= 15 is 0 Å². The molecule has 0 aliphatic heterocycles. The Kier molecular flexibility index (Phi) is 46.0. The van der Waals surface area contributed by atoms with Crippen LogP contribution in [0, 0.1) is 0 Å². The maximum Gasteiger partial charge on any atom is 0.306 e. The second kappa shape index (κ2) is 49.0. The van der Waals surface area contributed by atoms with E-state index in [9.17, 15) is 14.4 Å². The lowest BCUT2D eigenvalue weighted by molar-refractivity contribution is -0.167. The molecule has 346 valence electrons. The maximum absolute atomic E-state index is 12.8. The molecule has 0 saturated heterocycles. The highest BCUT2D eigenvalue weighted by atomic mass is 16.6. The topological polar surface area (TPSA) is 78.9 Å². The first-order valence-corrected chi connectivity index (χ1v) is 24.8. The summed E-state index contributed by atoms with van der Waals surface area (Å²) in [4.78, 5) is 37.9. The van der Waals surface area contributed by atoms with E-state index in [1.165, 1.54) is 83.5 Å². The summed E-state index contributed by atoms with van der Waals surface area (Å²) in [5.74, 6) is -1.01. The van der Waals surface area contributed by atoms with E-state index in [2.05, 4.69) is 63.3 Å². The molecule has 0 fully saturated rings. The highest BCUT2D eigenvalue weighted by molar-refractivity contribution is 5.71. The number of hydrogen-bond donors (Lipinski definition) is 0.